The zero-order valence-corrected chi connectivity index (χ0v) is 13.8. The molecule has 1 N–H and O–H groups in total. The van der Waals surface area contributed by atoms with Gasteiger partial charge in [0.2, 0.25) is 11.8 Å². The third-order valence-corrected chi connectivity index (χ3v) is 4.93. The van der Waals surface area contributed by atoms with E-state index < -0.39 is 5.92 Å². The highest BCUT2D eigenvalue weighted by Gasteiger charge is 2.41. The molecule has 0 saturated heterocycles. The number of rotatable bonds is 5. The largest absolute Gasteiger partial charge is 0.504 e. The Morgan fingerprint density at radius 3 is 2.54 bits per heavy atom. The SMILES string of the molecule is COc1cc(CN(C(=O)C2CCC(F)(F)CC2)C2CC2)ccc1O. The van der Waals surface area contributed by atoms with Crippen LogP contribution < -0.4 is 4.74 Å². The Hall–Kier alpha value is -1.85. The first-order chi connectivity index (χ1) is 11.4. The number of benzene rings is 1. The lowest BCUT2D eigenvalue weighted by Gasteiger charge is -2.32. The van der Waals surface area contributed by atoms with Crippen molar-refractivity contribution in [1.29, 1.82) is 0 Å². The van der Waals surface area contributed by atoms with Gasteiger partial charge in [0.15, 0.2) is 11.5 Å². The molecule has 0 atom stereocenters. The maximum absolute atomic E-state index is 13.3. The topological polar surface area (TPSA) is 49.8 Å². The predicted molar refractivity (Wildman–Crippen MR) is 85.1 cm³/mol. The van der Waals surface area contributed by atoms with Gasteiger partial charge in [-0.2, -0.15) is 0 Å². The molecular formula is C18H23F2NO3. The highest BCUT2D eigenvalue weighted by molar-refractivity contribution is 5.79. The van der Waals surface area contributed by atoms with Gasteiger partial charge >= 0.3 is 0 Å². The Bertz CT molecular complexity index is 606. The van der Waals surface area contributed by atoms with Crippen molar-refractivity contribution in [3.05, 3.63) is 23.8 Å². The molecule has 2 saturated carbocycles. The Kier molecular flexibility index (Phi) is 4.65. The van der Waals surface area contributed by atoms with Crippen LogP contribution in [0.25, 0.3) is 0 Å². The van der Waals surface area contributed by atoms with Crippen LogP contribution in [-0.2, 0) is 11.3 Å². The molecular weight excluding hydrogens is 316 g/mol. The number of hydrogen-bond donors (Lipinski definition) is 1. The van der Waals surface area contributed by atoms with Crippen LogP contribution in [0.2, 0.25) is 0 Å². The Balaban J connectivity index is 1.70. The molecule has 1 aromatic carbocycles. The first-order valence-corrected chi connectivity index (χ1v) is 8.44. The summed E-state index contributed by atoms with van der Waals surface area (Å²) in [4.78, 5) is 14.6. The zero-order chi connectivity index (χ0) is 17.3. The second-order valence-electron chi connectivity index (χ2n) is 6.83. The standard InChI is InChI=1S/C18H23F2NO3/c1-24-16-10-12(2-5-15(16)22)11-21(14-3-4-14)17(23)13-6-8-18(19,20)9-7-13/h2,5,10,13-14,22H,3-4,6-9,11H2,1H3. The van der Waals surface area contributed by atoms with Crippen molar-refractivity contribution in [3.63, 3.8) is 0 Å². The molecule has 1 aromatic rings. The molecule has 0 aromatic heterocycles. The van der Waals surface area contributed by atoms with E-state index in [0.717, 1.165) is 18.4 Å². The Labute approximate surface area is 140 Å². The van der Waals surface area contributed by atoms with E-state index >= 15 is 0 Å². The number of phenols is 1. The average Bonchev–Trinajstić information content (AvgIpc) is 3.38. The van der Waals surface area contributed by atoms with Gasteiger partial charge in [0.05, 0.1) is 7.11 Å². The Morgan fingerprint density at radius 1 is 1.29 bits per heavy atom. The maximum Gasteiger partial charge on any atom is 0.248 e. The van der Waals surface area contributed by atoms with Crippen LogP contribution in [0.4, 0.5) is 8.78 Å². The number of methoxy groups -OCH3 is 1. The molecule has 6 heteroatoms. The van der Waals surface area contributed by atoms with E-state index in [9.17, 15) is 18.7 Å². The molecule has 0 spiro atoms. The lowest BCUT2D eigenvalue weighted by Crippen LogP contribution is -2.40. The van der Waals surface area contributed by atoms with E-state index in [4.69, 9.17) is 4.74 Å². The number of aromatic hydroxyl groups is 1. The summed E-state index contributed by atoms with van der Waals surface area (Å²) in [6.45, 7) is 0.424. The molecule has 0 heterocycles. The van der Waals surface area contributed by atoms with Crippen molar-refractivity contribution in [2.24, 2.45) is 5.92 Å². The van der Waals surface area contributed by atoms with Gasteiger partial charge in [-0.15, -0.1) is 0 Å². The van der Waals surface area contributed by atoms with Crippen LogP contribution in [0.15, 0.2) is 18.2 Å². The van der Waals surface area contributed by atoms with E-state index in [1.165, 1.54) is 7.11 Å². The molecule has 4 nitrogen and oxygen atoms in total. The number of alkyl halides is 2. The number of nitrogens with zero attached hydrogens (tertiary/aromatic N) is 1. The van der Waals surface area contributed by atoms with Crippen LogP contribution in [0.3, 0.4) is 0 Å². The molecule has 3 rings (SSSR count). The van der Waals surface area contributed by atoms with Crippen molar-refractivity contribution >= 4 is 5.91 Å². The molecule has 132 valence electrons. The fourth-order valence-corrected chi connectivity index (χ4v) is 3.31. The number of carbonyl (C=O) groups excluding carboxylic acids is 1. The summed E-state index contributed by atoms with van der Waals surface area (Å²) in [5, 5.41) is 9.68. The van der Waals surface area contributed by atoms with Crippen LogP contribution in [-0.4, -0.2) is 35.0 Å². The number of halogens is 2. The van der Waals surface area contributed by atoms with Crippen molar-refractivity contribution in [2.45, 2.75) is 57.0 Å². The molecule has 2 fully saturated rings. The summed E-state index contributed by atoms with van der Waals surface area (Å²) in [5.41, 5.74) is 0.867. The molecule has 0 radical (unpaired) electrons. The summed E-state index contributed by atoms with van der Waals surface area (Å²) in [6.07, 6.45) is 2.04. The Morgan fingerprint density at radius 2 is 1.96 bits per heavy atom. The smallest absolute Gasteiger partial charge is 0.248 e. The third kappa shape index (κ3) is 3.79. The highest BCUT2D eigenvalue weighted by atomic mass is 19.3. The normalized spacial score (nSPS) is 20.6. The van der Waals surface area contributed by atoms with Gasteiger partial charge in [0, 0.05) is 31.3 Å². The third-order valence-electron chi connectivity index (χ3n) is 4.93. The van der Waals surface area contributed by atoms with Crippen LogP contribution in [0.5, 0.6) is 11.5 Å². The zero-order valence-electron chi connectivity index (χ0n) is 13.8. The number of ether oxygens (including phenoxy) is 1. The van der Waals surface area contributed by atoms with Gasteiger partial charge < -0.3 is 14.7 Å². The van der Waals surface area contributed by atoms with Crippen molar-refractivity contribution in [3.8, 4) is 11.5 Å². The highest BCUT2D eigenvalue weighted by Crippen LogP contribution is 2.39. The van der Waals surface area contributed by atoms with E-state index in [1.54, 1.807) is 18.2 Å². The summed E-state index contributed by atoms with van der Waals surface area (Å²) in [7, 11) is 1.48. The van der Waals surface area contributed by atoms with E-state index in [-0.39, 0.29) is 49.3 Å². The number of phenolic OH excluding ortho intramolecular Hbond substituents is 1. The molecule has 1 amide bonds. The van der Waals surface area contributed by atoms with Crippen LogP contribution in [0.1, 0.15) is 44.1 Å². The second kappa shape index (κ2) is 6.57. The summed E-state index contributed by atoms with van der Waals surface area (Å²) < 4.78 is 31.7. The predicted octanol–water partition coefficient (Wildman–Crippen LogP) is 3.72. The second-order valence-corrected chi connectivity index (χ2v) is 6.83. The van der Waals surface area contributed by atoms with Crippen molar-refractivity contribution < 1.29 is 23.4 Å². The molecule has 2 aliphatic rings. The van der Waals surface area contributed by atoms with Gasteiger partial charge in [-0.05, 0) is 43.4 Å². The maximum atomic E-state index is 13.3. The minimum absolute atomic E-state index is 0.0139. The molecule has 0 aliphatic heterocycles. The van der Waals surface area contributed by atoms with Crippen LogP contribution in [0, 0.1) is 5.92 Å². The number of carbonyl (C=O) groups is 1. The lowest BCUT2D eigenvalue weighted by atomic mass is 9.85. The van der Waals surface area contributed by atoms with Gasteiger partial charge in [-0.1, -0.05) is 6.07 Å². The molecule has 2 aliphatic carbocycles. The summed E-state index contributed by atoms with van der Waals surface area (Å²) in [5.74, 6) is -2.51. The summed E-state index contributed by atoms with van der Waals surface area (Å²) in [6, 6.07) is 5.23. The molecule has 24 heavy (non-hydrogen) atoms. The fraction of sp³-hybridized carbons (Fsp3) is 0.611. The average molecular weight is 339 g/mol. The quantitative estimate of drug-likeness (QED) is 0.889. The first kappa shape index (κ1) is 17.0. The van der Waals surface area contributed by atoms with Gasteiger partial charge in [0.1, 0.15) is 0 Å². The van der Waals surface area contributed by atoms with Crippen molar-refractivity contribution in [2.75, 3.05) is 7.11 Å². The van der Waals surface area contributed by atoms with Gasteiger partial charge in [-0.3, -0.25) is 4.79 Å². The van der Waals surface area contributed by atoms with Crippen LogP contribution >= 0.6 is 0 Å². The minimum atomic E-state index is -2.62. The van der Waals surface area contributed by atoms with E-state index in [1.807, 2.05) is 4.90 Å². The first-order valence-electron chi connectivity index (χ1n) is 8.44. The number of amides is 1. The van der Waals surface area contributed by atoms with Gasteiger partial charge in [-0.25, -0.2) is 8.78 Å². The fourth-order valence-electron chi connectivity index (χ4n) is 3.31. The molecule has 0 bridgehead atoms. The molecule has 0 unspecified atom stereocenters. The van der Waals surface area contributed by atoms with E-state index in [0.29, 0.717) is 12.3 Å². The monoisotopic (exact) mass is 339 g/mol. The van der Waals surface area contributed by atoms with Crippen molar-refractivity contribution in [1.82, 2.24) is 4.90 Å². The lowest BCUT2D eigenvalue weighted by molar-refractivity contribution is -0.141. The minimum Gasteiger partial charge on any atom is -0.504 e. The summed E-state index contributed by atoms with van der Waals surface area (Å²) >= 11 is 0. The number of hydrogen-bond acceptors (Lipinski definition) is 3. The van der Waals surface area contributed by atoms with Gasteiger partial charge in [0.25, 0.3) is 0 Å². The van der Waals surface area contributed by atoms with E-state index in [2.05, 4.69) is 0 Å².